The summed E-state index contributed by atoms with van der Waals surface area (Å²) in [7, 11) is 3.04. The highest BCUT2D eigenvalue weighted by Gasteiger charge is 2.16. The number of thiocarbonyl (C=S) groups is 5. The van der Waals surface area contributed by atoms with Crippen LogP contribution in [-0.4, -0.2) is 125 Å². The lowest BCUT2D eigenvalue weighted by Crippen LogP contribution is -2.31. The molecule has 0 bridgehead atoms. The second kappa shape index (κ2) is 45.5. The van der Waals surface area contributed by atoms with Crippen molar-refractivity contribution >= 4 is 147 Å². The molecule has 10 aromatic rings. The quantitative estimate of drug-likeness (QED) is 0.0130. The van der Waals surface area contributed by atoms with Crippen LogP contribution in [0.4, 0.5) is 0 Å². The number of benzene rings is 5. The summed E-state index contributed by atoms with van der Waals surface area (Å²) in [4.78, 5) is 33.3. The first kappa shape index (κ1) is 85.9. The van der Waals surface area contributed by atoms with Gasteiger partial charge in [-0.3, -0.25) is 27.1 Å². The van der Waals surface area contributed by atoms with E-state index < -0.39 is 11.9 Å². The van der Waals surface area contributed by atoms with E-state index in [0.29, 0.717) is 89.3 Å². The van der Waals surface area contributed by atoms with Gasteiger partial charge in [0.15, 0.2) is 25.6 Å². The fraction of sp³-hybridized carbons (Fsp3) is 0.182. The number of carbonyl (C=O) groups is 3. The second-order valence-electron chi connectivity index (χ2n) is 23.0. The number of hydrazone groups is 5. The van der Waals surface area contributed by atoms with Crippen molar-refractivity contribution in [1.29, 1.82) is 0 Å². The van der Waals surface area contributed by atoms with E-state index in [4.69, 9.17) is 105 Å². The molecule has 5 aromatic carbocycles. The number of halogens is 1. The Kier molecular flexibility index (Phi) is 35.9. The van der Waals surface area contributed by atoms with Crippen LogP contribution in [-0.2, 0) is 10.2 Å². The summed E-state index contributed by atoms with van der Waals surface area (Å²) in [6, 6.07) is 54.7. The normalized spacial score (nSPS) is 10.8. The van der Waals surface area contributed by atoms with Gasteiger partial charge in [0.1, 0.15) is 57.6 Å². The molecule has 0 fully saturated rings. The average molecular weight is 1590 g/mol. The molecule has 0 unspecified atom stereocenters. The van der Waals surface area contributed by atoms with Crippen LogP contribution < -0.4 is 53.7 Å². The maximum absolute atomic E-state index is 11.4. The van der Waals surface area contributed by atoms with Gasteiger partial charge in [0, 0.05) is 61.0 Å². The fourth-order valence-corrected chi connectivity index (χ4v) is 9.80. The molecule has 568 valence electrons. The number of esters is 1. The zero-order chi connectivity index (χ0) is 79.1. The topological polar surface area (TPSA) is 349 Å². The Balaban J connectivity index is 0.000000213. The third-order valence-corrected chi connectivity index (χ3v) is 15.6. The van der Waals surface area contributed by atoms with E-state index in [1.807, 2.05) is 88.4 Å². The van der Waals surface area contributed by atoms with Gasteiger partial charge in [-0.2, -0.15) is 25.5 Å². The molecule has 0 radical (unpaired) electrons. The summed E-state index contributed by atoms with van der Waals surface area (Å²) in [5.74, 6) is 4.02. The second-order valence-corrected chi connectivity index (χ2v) is 25.5. The zero-order valence-electron chi connectivity index (χ0n) is 60.8. The van der Waals surface area contributed by atoms with Gasteiger partial charge in [-0.1, -0.05) is 111 Å². The molecule has 12 N–H and O–H groups in total. The molecule has 26 nitrogen and oxygen atoms in total. The third kappa shape index (κ3) is 30.1. The van der Waals surface area contributed by atoms with Gasteiger partial charge < -0.3 is 63.6 Å². The molecule has 0 aliphatic carbocycles. The predicted octanol–water partition coefficient (Wildman–Crippen LogP) is 14.6. The van der Waals surface area contributed by atoms with Crippen molar-refractivity contribution in [2.45, 2.75) is 53.9 Å². The van der Waals surface area contributed by atoms with Crippen molar-refractivity contribution in [3.8, 4) is 56.6 Å². The first-order valence-electron chi connectivity index (χ1n) is 33.4. The molecule has 5 heterocycles. The number of nitrogens with one attached hydrogen (secondary N) is 10. The van der Waals surface area contributed by atoms with Crippen molar-refractivity contribution in [3.05, 3.63) is 238 Å². The van der Waals surface area contributed by atoms with Crippen molar-refractivity contribution in [2.24, 2.45) is 25.5 Å². The molecule has 0 spiro atoms. The van der Waals surface area contributed by atoms with Crippen molar-refractivity contribution in [1.82, 2.24) is 53.7 Å². The van der Waals surface area contributed by atoms with Crippen molar-refractivity contribution in [3.63, 3.8) is 0 Å². The molecule has 5 aromatic heterocycles. The average Bonchev–Trinajstić information content (AvgIpc) is 1.83. The van der Waals surface area contributed by atoms with Crippen molar-refractivity contribution in [2.75, 3.05) is 40.3 Å². The number of hydrogen-bond donors (Lipinski definition) is 12. The largest absolute Gasteiger partial charge is 0.478 e. The van der Waals surface area contributed by atoms with Gasteiger partial charge in [-0.05, 0) is 203 Å². The lowest BCUT2D eigenvalue weighted by Gasteiger charge is -2.18. The highest BCUT2D eigenvalue weighted by atomic mass is 35.5. The van der Waals surface area contributed by atoms with Gasteiger partial charge in [-0.25, -0.2) is 14.4 Å². The van der Waals surface area contributed by atoms with E-state index in [0.717, 1.165) is 53.4 Å². The molecule has 0 amide bonds. The predicted molar refractivity (Wildman–Crippen MR) is 450 cm³/mol. The van der Waals surface area contributed by atoms with E-state index in [-0.39, 0.29) is 27.5 Å². The summed E-state index contributed by atoms with van der Waals surface area (Å²) >= 11 is 30.7. The number of carboxylic acids is 2. The van der Waals surface area contributed by atoms with Crippen LogP contribution in [0, 0.1) is 0 Å². The van der Waals surface area contributed by atoms with Gasteiger partial charge >= 0.3 is 17.9 Å². The minimum atomic E-state index is -1.09. The van der Waals surface area contributed by atoms with Gasteiger partial charge in [0.05, 0.1) is 59.9 Å². The Morgan fingerprint density at radius 2 is 0.716 bits per heavy atom. The number of aromatic carboxylic acids is 2. The molecular weight excluding hydrogens is 1510 g/mol. The van der Waals surface area contributed by atoms with E-state index in [1.54, 1.807) is 92.3 Å². The molecule has 32 heteroatoms. The highest BCUT2D eigenvalue weighted by Crippen LogP contribution is 2.30. The van der Waals surface area contributed by atoms with Crippen molar-refractivity contribution < 1.29 is 51.4 Å². The minimum absolute atomic E-state index is 0.0217. The number of methoxy groups -OCH3 is 1. The Morgan fingerprint density at radius 3 is 1.02 bits per heavy atom. The molecule has 0 saturated heterocycles. The number of rotatable bonds is 22. The van der Waals surface area contributed by atoms with Gasteiger partial charge in [0.2, 0.25) is 0 Å². The standard InChI is InChI=1S/C18H23N3OS.C16H17N3O3S.C15H14ClN3O3S.C14H13N3O3S.C14H15N3OS/c1-5-19-17(23)21-20-12-15-10-11-16(22-15)13-6-8-14(9-7-13)18(2,3)4;1-3-17-16(23)19-18-10-13-8-9-14(22-13)11-4-6-12(7-5-11)15(20)21-2;1-2-17-15(23)19-18-8-10-4-6-13(22-10)9-3-5-12(16)11(7-9)14(20)21;1-15-14(21)17-16-8-11-6-7-12(20-11)9-2-4-10(5-3-9)13(18)19;1-2-15-14(19)17-16-10-12-8-9-13(18-12)11-6-4-3-5-7-11/h6-12H,5H2,1-4H3,(H2,19,21,23);4-10H,3H2,1-2H3,(H2,17,19,23);3-8H,2H2,1H3,(H,20,21)(H2,17,19,23);2-8H,1H3,(H,18,19)(H2,15,17,21);3-10H,2H2,1H3,(H2,15,17,19)/b20-12+;18-10+;18-8+;16-8+;16-10+. The first-order chi connectivity index (χ1) is 52.4. The summed E-state index contributed by atoms with van der Waals surface area (Å²) in [5, 5.41) is 54.7. The SMILES string of the molecule is CCNC(=S)N/N=C/c1ccc(-c2ccc(C(=O)OC)cc2)o1.CCNC(=S)N/N=C/c1ccc(-c2ccc(C(C)(C)C)cc2)o1.CCNC(=S)N/N=C/c1ccc(-c2ccc(Cl)c(C(=O)O)c2)o1.CCNC(=S)N/N=C/c1ccc(-c2ccccc2)o1.CNC(=S)N/N=C/c1ccc(-c2ccc(C(=O)O)cc2)o1. The van der Waals surface area contributed by atoms with Crippen LogP contribution >= 0.6 is 72.7 Å². The molecule has 0 atom stereocenters. The number of furan rings is 5. The number of hydrogen-bond acceptors (Lipinski definition) is 19. The Morgan fingerprint density at radius 1 is 0.413 bits per heavy atom. The van der Waals surface area contributed by atoms with Crippen LogP contribution in [0.15, 0.2) is 230 Å². The lowest BCUT2D eigenvalue weighted by atomic mass is 9.86. The van der Waals surface area contributed by atoms with E-state index in [1.165, 1.54) is 55.6 Å². The summed E-state index contributed by atoms with van der Waals surface area (Å²) in [6.07, 6.45) is 7.71. The highest BCUT2D eigenvalue weighted by molar-refractivity contribution is 7.81. The molecule has 0 aliphatic rings. The fourth-order valence-electron chi connectivity index (χ4n) is 8.76. The van der Waals surface area contributed by atoms with Crippen LogP contribution in [0.3, 0.4) is 0 Å². The van der Waals surface area contributed by atoms with E-state index >= 15 is 0 Å². The van der Waals surface area contributed by atoms with E-state index in [9.17, 15) is 14.4 Å². The first-order valence-corrected chi connectivity index (χ1v) is 35.9. The molecule has 109 heavy (non-hydrogen) atoms. The zero-order valence-corrected chi connectivity index (χ0v) is 65.6. The van der Waals surface area contributed by atoms with Gasteiger partial charge in [-0.15, -0.1) is 0 Å². The molecule has 10 rings (SSSR count). The van der Waals surface area contributed by atoms with Crippen LogP contribution in [0.5, 0.6) is 0 Å². The summed E-state index contributed by atoms with van der Waals surface area (Å²) in [6.45, 7) is 17.4. The van der Waals surface area contributed by atoms with E-state index in [2.05, 4.69) is 129 Å². The molecule has 0 saturated carbocycles. The monoisotopic (exact) mass is 1590 g/mol. The number of nitrogens with zero attached hydrogens (tertiary/aromatic N) is 5. The lowest BCUT2D eigenvalue weighted by molar-refractivity contribution is 0.0599. The maximum Gasteiger partial charge on any atom is 0.337 e. The third-order valence-electron chi connectivity index (χ3n) is 14.1. The number of ether oxygens (including phenoxy) is 1. The Hall–Kier alpha value is -12.0. The minimum Gasteiger partial charge on any atom is -0.478 e. The Labute approximate surface area is 662 Å². The molecule has 0 aliphatic heterocycles. The maximum atomic E-state index is 11.4. The van der Waals surface area contributed by atoms with Gasteiger partial charge in [0.25, 0.3) is 0 Å². The smallest absolute Gasteiger partial charge is 0.337 e. The number of carbonyl (C=O) groups excluding carboxylic acids is 1. The van der Waals surface area contributed by atoms with Crippen LogP contribution in [0.1, 0.15) is 114 Å². The molecular formula is C77H82ClN15O11S5. The summed E-state index contributed by atoms with van der Waals surface area (Å²) in [5.41, 5.74) is 19.9. The Bertz CT molecular complexity index is 4770. The number of carboxylic acid groups (broad SMARTS) is 2. The van der Waals surface area contributed by atoms with Crippen LogP contribution in [0.25, 0.3) is 56.6 Å². The summed E-state index contributed by atoms with van der Waals surface area (Å²) < 4.78 is 33.0. The van der Waals surface area contributed by atoms with Crippen LogP contribution in [0.2, 0.25) is 5.02 Å².